The summed E-state index contributed by atoms with van der Waals surface area (Å²) in [7, 11) is 0. The van der Waals surface area contributed by atoms with Crippen molar-refractivity contribution in [2.45, 2.75) is 102 Å². The molecule has 2 heterocycles. The largest absolute Gasteiger partial charge is 1.00 e. The quantitative estimate of drug-likeness (QED) is 0.0651. The van der Waals surface area contributed by atoms with Crippen LogP contribution in [0, 0.1) is 0 Å². The number of carboxylic acid groups (broad SMARTS) is 2. The van der Waals surface area contributed by atoms with Crippen molar-refractivity contribution in [1.29, 1.82) is 0 Å². The molecule has 68 heavy (non-hydrogen) atoms. The van der Waals surface area contributed by atoms with Crippen LogP contribution in [0.1, 0.15) is 113 Å². The van der Waals surface area contributed by atoms with Crippen LogP contribution in [0.4, 0.5) is 0 Å². The third-order valence-electron chi connectivity index (χ3n) is 11.1. The molecule has 344 valence electrons. The topological polar surface area (TPSA) is 166 Å². The summed E-state index contributed by atoms with van der Waals surface area (Å²) in [5.41, 5.74) is 3.80. The molecule has 0 aliphatic heterocycles. The molecule has 2 aliphatic rings. The minimum atomic E-state index is -2.08. The van der Waals surface area contributed by atoms with E-state index in [0.29, 0.717) is 85.7 Å². The SMILES string of the molecule is [2H]C([2H])(c1ccccc1OCCCCCC(=O)[O-])N(C(=O)c1ccc(-c2ccco2)cc1)C1CC1.[2H]C1(N(Cc2ccccc2OCCCCCC(=O)[O-])C(=O)c2ccc(-c3ccco3)cc2)CC1.[Na+].[Na+]. The smallest absolute Gasteiger partial charge is 0.550 e. The molecule has 12 nitrogen and oxygen atoms in total. The van der Waals surface area contributed by atoms with Crippen LogP contribution in [0.3, 0.4) is 0 Å². The van der Waals surface area contributed by atoms with Crippen LogP contribution in [0.15, 0.2) is 143 Å². The molecule has 2 amide bonds. The van der Waals surface area contributed by atoms with Gasteiger partial charge in [0.2, 0.25) is 0 Å². The number of hydrogen-bond acceptors (Lipinski definition) is 10. The van der Waals surface area contributed by atoms with Crippen LogP contribution < -0.4 is 78.8 Å². The van der Waals surface area contributed by atoms with E-state index >= 15 is 0 Å². The van der Waals surface area contributed by atoms with Gasteiger partial charge in [-0.3, -0.25) is 9.59 Å². The minimum Gasteiger partial charge on any atom is -0.550 e. The Morgan fingerprint density at radius 3 is 1.46 bits per heavy atom. The Labute approximate surface area is 446 Å². The van der Waals surface area contributed by atoms with Crippen molar-refractivity contribution in [3.63, 3.8) is 0 Å². The third kappa shape index (κ3) is 16.6. The maximum atomic E-state index is 13.5. The molecular formula is C54H56N2Na2O10. The van der Waals surface area contributed by atoms with Gasteiger partial charge < -0.3 is 47.9 Å². The molecule has 14 heteroatoms. The van der Waals surface area contributed by atoms with Gasteiger partial charge >= 0.3 is 59.1 Å². The van der Waals surface area contributed by atoms with Crippen LogP contribution in [-0.2, 0) is 22.6 Å². The molecule has 4 aromatic carbocycles. The average Bonchev–Trinajstić information content (AvgIpc) is 4.16. The number of unbranched alkanes of at least 4 members (excludes halogenated alkanes) is 4. The van der Waals surface area contributed by atoms with E-state index in [-0.39, 0.29) is 96.4 Å². The summed E-state index contributed by atoms with van der Waals surface area (Å²) in [5, 5.41) is 21.1. The second kappa shape index (κ2) is 27.8. The Balaban J connectivity index is 0.000000257. The second-order valence-electron chi connectivity index (χ2n) is 16.3. The van der Waals surface area contributed by atoms with Crippen molar-refractivity contribution in [2.75, 3.05) is 13.2 Å². The van der Waals surface area contributed by atoms with Crippen molar-refractivity contribution in [3.05, 3.63) is 156 Å². The number of carbonyl (C=O) groups excluding carboxylic acids is 4. The number of furan rings is 2. The van der Waals surface area contributed by atoms with Crippen molar-refractivity contribution in [3.8, 4) is 34.1 Å². The first kappa shape index (κ1) is 49.3. The Hall–Kier alpha value is -5.08. The Kier molecular flexibility index (Phi) is 20.2. The number of nitrogens with zero attached hydrogens (tertiary/aromatic N) is 2. The molecule has 8 rings (SSSR count). The molecule has 0 radical (unpaired) electrons. The van der Waals surface area contributed by atoms with Gasteiger partial charge in [0, 0.05) is 70.4 Å². The summed E-state index contributed by atoms with van der Waals surface area (Å²) in [6.07, 6.45) is 9.91. The molecule has 0 spiro atoms. The molecule has 0 N–H and O–H groups in total. The Morgan fingerprint density at radius 2 is 1.01 bits per heavy atom. The number of ether oxygens (including phenoxy) is 2. The fourth-order valence-electron chi connectivity index (χ4n) is 7.25. The summed E-state index contributed by atoms with van der Waals surface area (Å²) < 4.78 is 49.3. The maximum absolute atomic E-state index is 13.5. The second-order valence-corrected chi connectivity index (χ2v) is 16.3. The Morgan fingerprint density at radius 1 is 0.559 bits per heavy atom. The minimum absolute atomic E-state index is 0. The number of benzene rings is 4. The van der Waals surface area contributed by atoms with Gasteiger partial charge in [-0.1, -0.05) is 60.7 Å². The predicted octanol–water partition coefficient (Wildman–Crippen LogP) is 2.89. The van der Waals surface area contributed by atoms with E-state index in [0.717, 1.165) is 48.1 Å². The van der Waals surface area contributed by atoms with E-state index in [2.05, 4.69) is 0 Å². The number of carbonyl (C=O) groups is 4. The number of carboxylic acids is 2. The normalized spacial score (nSPS) is 13.9. The van der Waals surface area contributed by atoms with Crippen LogP contribution in [0.5, 0.6) is 11.5 Å². The van der Waals surface area contributed by atoms with Crippen molar-refractivity contribution >= 4 is 23.8 Å². The zero-order chi connectivity index (χ0) is 48.8. The van der Waals surface area contributed by atoms with Gasteiger partial charge in [-0.25, -0.2) is 0 Å². The summed E-state index contributed by atoms with van der Waals surface area (Å²) in [5.74, 6) is -0.163. The van der Waals surface area contributed by atoms with Crippen LogP contribution in [0.2, 0.25) is 0 Å². The predicted molar refractivity (Wildman–Crippen MR) is 245 cm³/mol. The first-order valence-corrected chi connectivity index (χ1v) is 22.6. The van der Waals surface area contributed by atoms with Gasteiger partial charge in [0.05, 0.1) is 29.9 Å². The molecule has 0 bridgehead atoms. The summed E-state index contributed by atoms with van der Waals surface area (Å²) in [6, 6.07) is 34.9. The summed E-state index contributed by atoms with van der Waals surface area (Å²) in [6.45, 7) is -1.02. The monoisotopic (exact) mass is 941 g/mol. The van der Waals surface area contributed by atoms with Gasteiger partial charge in [-0.05, 0) is 138 Å². The van der Waals surface area contributed by atoms with E-state index in [4.69, 9.17) is 22.4 Å². The van der Waals surface area contributed by atoms with E-state index in [1.807, 2.05) is 54.6 Å². The van der Waals surface area contributed by atoms with E-state index < -0.39 is 24.5 Å². The van der Waals surface area contributed by atoms with Crippen LogP contribution in [0.25, 0.3) is 22.6 Å². The van der Waals surface area contributed by atoms with Gasteiger partial charge in [0.15, 0.2) is 0 Å². The molecule has 0 unspecified atom stereocenters. The van der Waals surface area contributed by atoms with E-state index in [1.165, 1.54) is 4.90 Å². The molecule has 2 aliphatic carbocycles. The number of aliphatic carboxylic acids is 2. The van der Waals surface area contributed by atoms with Crippen LogP contribution >= 0.6 is 0 Å². The molecular weight excluding hydrogens is 883 g/mol. The zero-order valence-corrected chi connectivity index (χ0v) is 42.9. The fraction of sp³-hybridized carbons (Fsp3) is 0.333. The van der Waals surface area contributed by atoms with E-state index in [9.17, 15) is 29.4 Å². The van der Waals surface area contributed by atoms with Gasteiger partial charge in [0.25, 0.3) is 11.8 Å². The number of rotatable bonds is 24. The third-order valence-corrected chi connectivity index (χ3v) is 11.1. The van der Waals surface area contributed by atoms with Crippen molar-refractivity contribution in [2.24, 2.45) is 0 Å². The Bertz CT molecular complexity index is 2620. The molecule has 2 fully saturated rings. The van der Waals surface area contributed by atoms with Gasteiger partial charge in [0.1, 0.15) is 23.0 Å². The van der Waals surface area contributed by atoms with Crippen LogP contribution in [-0.4, -0.2) is 58.8 Å². The molecule has 0 saturated heterocycles. The number of amides is 2. The average molecular weight is 942 g/mol. The van der Waals surface area contributed by atoms with Crippen molar-refractivity contribution < 1.29 is 111 Å². The molecule has 2 saturated carbocycles. The first-order valence-electron chi connectivity index (χ1n) is 24.1. The molecule has 0 atom stereocenters. The summed E-state index contributed by atoms with van der Waals surface area (Å²) in [4.78, 5) is 50.9. The van der Waals surface area contributed by atoms with Gasteiger partial charge in [-0.15, -0.1) is 0 Å². The van der Waals surface area contributed by atoms with E-state index in [1.54, 1.807) is 84.2 Å². The molecule has 2 aromatic heterocycles. The molecule has 6 aromatic rings. The van der Waals surface area contributed by atoms with Crippen molar-refractivity contribution in [1.82, 2.24) is 9.80 Å². The number of hydrogen-bond donors (Lipinski definition) is 0. The maximum Gasteiger partial charge on any atom is 1.00 e. The fourth-order valence-corrected chi connectivity index (χ4v) is 7.25. The summed E-state index contributed by atoms with van der Waals surface area (Å²) >= 11 is 0. The van der Waals surface area contributed by atoms with Gasteiger partial charge in [-0.2, -0.15) is 0 Å². The standard InChI is InChI=1S/2C27H29NO5.2Na/c2*29-26(30)10-2-1-5-17-32-25-8-4-3-7-22(25)19-28(23-15-16-23)27(31)21-13-11-20(12-14-21)24-9-6-18-33-24;;/h2*3-4,6-9,11-14,18,23H,1-2,5,10,15-17,19H2,(H,29,30);;/q;;2*+1/p-2/i23D;19D2;;. The zero-order valence-electron chi connectivity index (χ0n) is 41.9. The number of para-hydroxylation sites is 2. The first-order chi connectivity index (χ1) is 33.3.